The van der Waals surface area contributed by atoms with E-state index in [0.29, 0.717) is 0 Å². The van der Waals surface area contributed by atoms with Crippen LogP contribution in [-0.2, 0) is 4.79 Å². The van der Waals surface area contributed by atoms with Crippen molar-refractivity contribution in [3.8, 4) is 0 Å². The number of anilines is 1. The van der Waals surface area contributed by atoms with E-state index in [9.17, 15) is 9.18 Å². The molecule has 3 N–H and O–H groups in total. The van der Waals surface area contributed by atoms with Crippen LogP contribution in [0.15, 0.2) is 18.2 Å². The molecular weight excluding hydrogens is 343 g/mol. The van der Waals surface area contributed by atoms with E-state index in [1.165, 1.54) is 6.07 Å². The van der Waals surface area contributed by atoms with Crippen molar-refractivity contribution in [1.82, 2.24) is 10.2 Å². The average Bonchev–Trinajstić information content (AvgIpc) is 2.68. The number of likely N-dealkylation sites (N-methyl/N-ethyl adjacent to an activating group) is 1. The average molecular weight is 377 g/mol. The van der Waals surface area contributed by atoms with Gasteiger partial charge in [-0.3, -0.25) is 4.79 Å². The van der Waals surface area contributed by atoms with E-state index in [0.717, 1.165) is 76.1 Å². The summed E-state index contributed by atoms with van der Waals surface area (Å²) in [5.41, 5.74) is 7.42. The van der Waals surface area contributed by atoms with Crippen molar-refractivity contribution >= 4 is 11.6 Å². The van der Waals surface area contributed by atoms with E-state index in [4.69, 9.17) is 5.73 Å². The van der Waals surface area contributed by atoms with Gasteiger partial charge in [0.15, 0.2) is 0 Å². The van der Waals surface area contributed by atoms with E-state index in [1.807, 2.05) is 13.0 Å². The van der Waals surface area contributed by atoms with E-state index < -0.39 is 5.54 Å². The van der Waals surface area contributed by atoms with Gasteiger partial charge in [0.05, 0.1) is 11.6 Å². The minimum atomic E-state index is -0.785. The summed E-state index contributed by atoms with van der Waals surface area (Å²) in [6.45, 7) is 8.96. The molecule has 0 bridgehead atoms. The molecule has 27 heavy (non-hydrogen) atoms. The van der Waals surface area contributed by atoms with Gasteiger partial charge in [-0.1, -0.05) is 26.2 Å². The number of hydrogen-bond donors (Lipinski definition) is 2. The predicted molar refractivity (Wildman–Crippen MR) is 107 cm³/mol. The van der Waals surface area contributed by atoms with E-state index >= 15 is 0 Å². The maximum absolute atomic E-state index is 14.0. The number of nitrogens with one attached hydrogen (secondary N) is 1. The molecule has 2 aliphatic rings. The fraction of sp³-hybridized carbons (Fsp3) is 0.667. The highest BCUT2D eigenvalue weighted by Gasteiger charge is 2.36. The van der Waals surface area contributed by atoms with Gasteiger partial charge >= 0.3 is 0 Å². The van der Waals surface area contributed by atoms with Crippen LogP contribution in [0.25, 0.3) is 0 Å². The Morgan fingerprint density at radius 2 is 1.89 bits per heavy atom. The van der Waals surface area contributed by atoms with E-state index in [-0.39, 0.29) is 17.8 Å². The van der Waals surface area contributed by atoms with Crippen molar-refractivity contribution in [3.05, 3.63) is 29.6 Å². The van der Waals surface area contributed by atoms with Gasteiger partial charge in [-0.05, 0) is 44.5 Å². The molecule has 1 amide bonds. The van der Waals surface area contributed by atoms with Crippen LogP contribution >= 0.6 is 0 Å². The molecule has 1 aromatic rings. The molecule has 1 saturated carbocycles. The number of piperazine rings is 1. The standard InChI is InChI=1S/C21H33FN4O/c1-3-25-11-13-26(14-12-25)19-8-7-17(22)15-18(19)16(2)24-20(27)21(23)9-5-4-6-10-21/h7-8,15-16H,3-6,9-14,23H2,1-2H3,(H,24,27). The number of halogens is 1. The summed E-state index contributed by atoms with van der Waals surface area (Å²) in [4.78, 5) is 17.5. The Balaban J connectivity index is 1.75. The molecule has 0 spiro atoms. The molecule has 1 aliphatic heterocycles. The third kappa shape index (κ3) is 4.61. The summed E-state index contributed by atoms with van der Waals surface area (Å²) < 4.78 is 14.0. The molecule has 1 unspecified atom stereocenters. The summed E-state index contributed by atoms with van der Waals surface area (Å²) in [6, 6.07) is 4.62. The molecule has 1 heterocycles. The van der Waals surface area contributed by atoms with Gasteiger partial charge in [-0.25, -0.2) is 4.39 Å². The molecule has 2 fully saturated rings. The van der Waals surface area contributed by atoms with Gasteiger partial charge in [0, 0.05) is 37.4 Å². The maximum atomic E-state index is 14.0. The quantitative estimate of drug-likeness (QED) is 0.830. The zero-order chi connectivity index (χ0) is 19.4. The highest BCUT2D eigenvalue weighted by atomic mass is 19.1. The molecule has 0 radical (unpaired) electrons. The summed E-state index contributed by atoms with van der Waals surface area (Å²) in [5, 5.41) is 3.07. The largest absolute Gasteiger partial charge is 0.369 e. The zero-order valence-electron chi connectivity index (χ0n) is 16.6. The third-order valence-electron chi connectivity index (χ3n) is 6.16. The number of nitrogens with zero attached hydrogens (tertiary/aromatic N) is 2. The first kappa shape index (κ1) is 20.1. The second-order valence-electron chi connectivity index (χ2n) is 8.04. The summed E-state index contributed by atoms with van der Waals surface area (Å²) in [6.07, 6.45) is 4.57. The molecule has 3 rings (SSSR count). The Morgan fingerprint density at radius 3 is 2.52 bits per heavy atom. The van der Waals surface area contributed by atoms with Crippen molar-refractivity contribution in [1.29, 1.82) is 0 Å². The van der Waals surface area contributed by atoms with Crippen LogP contribution in [0.3, 0.4) is 0 Å². The Morgan fingerprint density at radius 1 is 1.22 bits per heavy atom. The zero-order valence-corrected chi connectivity index (χ0v) is 16.6. The summed E-state index contributed by atoms with van der Waals surface area (Å²) in [7, 11) is 0. The molecule has 1 atom stereocenters. The highest BCUT2D eigenvalue weighted by Crippen LogP contribution is 2.30. The van der Waals surface area contributed by atoms with E-state index in [2.05, 4.69) is 22.0 Å². The smallest absolute Gasteiger partial charge is 0.240 e. The molecule has 1 saturated heterocycles. The van der Waals surface area contributed by atoms with Crippen molar-refractivity contribution < 1.29 is 9.18 Å². The van der Waals surface area contributed by atoms with Crippen molar-refractivity contribution in [2.75, 3.05) is 37.6 Å². The van der Waals surface area contributed by atoms with E-state index in [1.54, 1.807) is 6.07 Å². The second kappa shape index (κ2) is 8.57. The number of rotatable bonds is 5. The van der Waals surface area contributed by atoms with Gasteiger partial charge < -0.3 is 20.9 Å². The van der Waals surface area contributed by atoms with Gasteiger partial charge in [0.2, 0.25) is 5.91 Å². The Hall–Kier alpha value is -1.66. The number of carbonyl (C=O) groups is 1. The van der Waals surface area contributed by atoms with Crippen LogP contribution < -0.4 is 16.0 Å². The Kier molecular flexibility index (Phi) is 6.37. The molecule has 1 aromatic carbocycles. The lowest BCUT2D eigenvalue weighted by atomic mass is 9.81. The van der Waals surface area contributed by atoms with Crippen LogP contribution in [0.2, 0.25) is 0 Å². The first-order chi connectivity index (χ1) is 12.9. The monoisotopic (exact) mass is 376 g/mol. The molecule has 0 aromatic heterocycles. The first-order valence-corrected chi connectivity index (χ1v) is 10.3. The lowest BCUT2D eigenvalue weighted by Gasteiger charge is -2.38. The van der Waals surface area contributed by atoms with Crippen LogP contribution in [0.5, 0.6) is 0 Å². The second-order valence-corrected chi connectivity index (χ2v) is 8.04. The third-order valence-corrected chi connectivity index (χ3v) is 6.16. The lowest BCUT2D eigenvalue weighted by molar-refractivity contribution is -0.128. The fourth-order valence-electron chi connectivity index (χ4n) is 4.29. The SMILES string of the molecule is CCN1CCN(c2ccc(F)cc2C(C)NC(=O)C2(N)CCCCC2)CC1. The normalized spacial score (nSPS) is 21.7. The topological polar surface area (TPSA) is 61.6 Å². The predicted octanol–water partition coefficient (Wildman–Crippen LogP) is 2.81. The van der Waals surface area contributed by atoms with Crippen molar-refractivity contribution in [2.24, 2.45) is 5.73 Å². The highest BCUT2D eigenvalue weighted by molar-refractivity contribution is 5.86. The fourth-order valence-corrected chi connectivity index (χ4v) is 4.29. The van der Waals surface area contributed by atoms with Crippen LogP contribution in [0.4, 0.5) is 10.1 Å². The molecular formula is C21H33FN4O. The van der Waals surface area contributed by atoms with Crippen LogP contribution in [0.1, 0.15) is 57.6 Å². The van der Waals surface area contributed by atoms with Crippen molar-refractivity contribution in [3.63, 3.8) is 0 Å². The Bertz CT molecular complexity index is 652. The molecule has 150 valence electrons. The number of carbonyl (C=O) groups excluding carboxylic acids is 1. The number of amides is 1. The minimum absolute atomic E-state index is 0.110. The Labute approximate surface area is 162 Å². The summed E-state index contributed by atoms with van der Waals surface area (Å²) in [5.74, 6) is -0.386. The lowest BCUT2D eigenvalue weighted by Crippen LogP contribution is -2.55. The number of nitrogens with two attached hydrogens (primary N) is 1. The molecule has 1 aliphatic carbocycles. The van der Waals surface area contributed by atoms with Crippen molar-refractivity contribution in [2.45, 2.75) is 57.5 Å². The molecule has 6 heteroatoms. The van der Waals surface area contributed by atoms with Crippen LogP contribution in [0, 0.1) is 5.82 Å². The van der Waals surface area contributed by atoms with Gasteiger partial charge in [-0.15, -0.1) is 0 Å². The van der Waals surface area contributed by atoms with Gasteiger partial charge in [-0.2, -0.15) is 0 Å². The molecule has 5 nitrogen and oxygen atoms in total. The van der Waals surface area contributed by atoms with Gasteiger partial charge in [0.25, 0.3) is 0 Å². The maximum Gasteiger partial charge on any atom is 0.240 e. The van der Waals surface area contributed by atoms with Gasteiger partial charge in [0.1, 0.15) is 5.82 Å². The summed E-state index contributed by atoms with van der Waals surface area (Å²) >= 11 is 0. The first-order valence-electron chi connectivity index (χ1n) is 10.3. The number of benzene rings is 1. The van der Waals surface area contributed by atoms with Crippen LogP contribution in [-0.4, -0.2) is 49.1 Å². The number of hydrogen-bond acceptors (Lipinski definition) is 4. The minimum Gasteiger partial charge on any atom is -0.369 e.